The number of amides is 1. The molecule has 2 heterocycles. The molecule has 2 aliphatic carbocycles. The lowest BCUT2D eigenvalue weighted by molar-refractivity contribution is -0.384. The van der Waals surface area contributed by atoms with Crippen LogP contribution < -0.4 is 9.47 Å². The van der Waals surface area contributed by atoms with Gasteiger partial charge in [-0.15, -0.1) is 18.3 Å². The number of unbranched alkanes of at least 4 members (excludes halogenated alkanes) is 2. The van der Waals surface area contributed by atoms with Crippen LogP contribution in [0.15, 0.2) is 113 Å². The molecule has 14 heteroatoms. The van der Waals surface area contributed by atoms with Gasteiger partial charge in [0, 0.05) is 72.9 Å². The second kappa shape index (κ2) is 24.2. The van der Waals surface area contributed by atoms with Gasteiger partial charge in [0.2, 0.25) is 18.0 Å². The summed E-state index contributed by atoms with van der Waals surface area (Å²) in [7, 11) is 0. The van der Waals surface area contributed by atoms with Crippen molar-refractivity contribution in [3.05, 3.63) is 124 Å². The molecule has 4 aliphatic rings. The van der Waals surface area contributed by atoms with Crippen molar-refractivity contribution < 1.29 is 43.7 Å². The minimum absolute atomic E-state index is 0.0334. The first-order valence-electron chi connectivity index (χ1n) is 23.7. The van der Waals surface area contributed by atoms with Gasteiger partial charge in [-0.2, -0.15) is 0 Å². The third kappa shape index (κ3) is 11.7. The molecule has 1 saturated carbocycles. The van der Waals surface area contributed by atoms with E-state index in [9.17, 15) is 25.1 Å². The molecule has 0 spiro atoms. The first-order valence-corrected chi connectivity index (χ1v) is 24.7. The normalized spacial score (nSPS) is 25.0. The van der Waals surface area contributed by atoms with Crippen LogP contribution in [0.1, 0.15) is 94.6 Å². The second-order valence-corrected chi connectivity index (χ2v) is 18.6. The van der Waals surface area contributed by atoms with Crippen LogP contribution in [0.25, 0.3) is 6.08 Å². The number of hydrogen-bond donors (Lipinski definition) is 2. The van der Waals surface area contributed by atoms with Crippen molar-refractivity contribution in [1.82, 2.24) is 4.90 Å². The van der Waals surface area contributed by atoms with Gasteiger partial charge in [0.05, 0.1) is 36.4 Å². The van der Waals surface area contributed by atoms with Crippen molar-refractivity contribution in [3.8, 4) is 11.5 Å². The summed E-state index contributed by atoms with van der Waals surface area (Å²) >= 11 is 1.74. The van der Waals surface area contributed by atoms with Gasteiger partial charge in [0.1, 0.15) is 17.5 Å². The van der Waals surface area contributed by atoms with Crippen molar-refractivity contribution in [1.29, 1.82) is 0 Å². The maximum Gasteiger partial charge on any atom is 0.269 e. The Morgan fingerprint density at radius 3 is 2.55 bits per heavy atom. The number of fused-ring (bicyclic) bond motifs is 2. The molecule has 1 saturated heterocycles. The smallest absolute Gasteiger partial charge is 0.269 e. The number of carbonyl (C=O) groups excluding carboxylic acids is 1. The molecular weight excluding hydrogens is 859 g/mol. The molecule has 1 unspecified atom stereocenters. The highest BCUT2D eigenvalue weighted by Gasteiger charge is 2.65. The zero-order valence-corrected chi connectivity index (χ0v) is 38.9. The van der Waals surface area contributed by atoms with Gasteiger partial charge in [-0.3, -0.25) is 14.9 Å². The Balaban J connectivity index is 1.36. The Labute approximate surface area is 393 Å². The number of carbonyl (C=O) groups is 1. The first kappa shape index (κ1) is 48.9. The van der Waals surface area contributed by atoms with Crippen LogP contribution in [-0.2, 0) is 19.1 Å². The van der Waals surface area contributed by atoms with Gasteiger partial charge in [-0.05, 0) is 116 Å². The highest BCUT2D eigenvalue weighted by atomic mass is 32.2. The van der Waals surface area contributed by atoms with E-state index < -0.39 is 29.0 Å². The van der Waals surface area contributed by atoms with Gasteiger partial charge in [-0.25, -0.2) is 0 Å². The summed E-state index contributed by atoms with van der Waals surface area (Å²) in [5.41, 5.74) is 3.25. The number of nitro benzene ring substituents is 1. The third-order valence-corrected chi connectivity index (χ3v) is 14.0. The number of hydrogen-bond acceptors (Lipinski definition) is 12. The molecule has 0 radical (unpaired) electrons. The highest BCUT2D eigenvalue weighted by molar-refractivity contribution is 7.99. The standard InChI is InChI=1S/C52H65N3O10S/c1-3-27-54(48(58)26-21-37-19-22-39(23-20-37)55(59)60)47-36-45(53-65-49-18-10-13-31-62-49)43-34-38(14-8-11-28-56)42(17-9-12-29-57)50-44-35-40(61-32-33-66-41-15-6-5-7-16-41)24-25-46(44)64-52(47,51(43)50)63-30-4-2/h4-7,15-16,19-26,34-35,38,42,47,49-51,56-57H,2-3,8-14,17-18,27-33,36H2,1H3/t38-,42+,47-,49?,50+,51+,52+/m0/s1. The average molecular weight is 924 g/mol. The summed E-state index contributed by atoms with van der Waals surface area (Å²) in [6.07, 6.45) is 14.9. The molecule has 2 aliphatic heterocycles. The minimum atomic E-state index is -1.41. The van der Waals surface area contributed by atoms with E-state index in [0.717, 1.165) is 61.2 Å². The monoisotopic (exact) mass is 923 g/mol. The predicted octanol–water partition coefficient (Wildman–Crippen LogP) is 9.88. The molecule has 66 heavy (non-hydrogen) atoms. The zero-order valence-electron chi connectivity index (χ0n) is 38.0. The molecule has 2 N–H and O–H groups in total. The summed E-state index contributed by atoms with van der Waals surface area (Å²) in [5.74, 6) is -0.0862. The van der Waals surface area contributed by atoms with Crippen LogP contribution in [0.2, 0.25) is 0 Å². The molecule has 1 amide bonds. The Hall–Kier alpha value is -4.99. The van der Waals surface area contributed by atoms with Gasteiger partial charge in [-0.1, -0.05) is 55.3 Å². The van der Waals surface area contributed by atoms with Crippen molar-refractivity contribution in [3.63, 3.8) is 0 Å². The van der Waals surface area contributed by atoms with Crippen molar-refractivity contribution in [2.24, 2.45) is 22.9 Å². The average Bonchev–Trinajstić information content (AvgIpc) is 3.34. The molecule has 354 valence electrons. The van der Waals surface area contributed by atoms with E-state index in [1.165, 1.54) is 23.1 Å². The van der Waals surface area contributed by atoms with Gasteiger partial charge < -0.3 is 38.9 Å². The van der Waals surface area contributed by atoms with Crippen LogP contribution in [0.3, 0.4) is 0 Å². The Morgan fingerprint density at radius 1 is 1.05 bits per heavy atom. The number of ether oxygens (including phenoxy) is 4. The molecule has 0 bridgehead atoms. The number of nitrogens with zero attached hydrogens (tertiary/aromatic N) is 3. The second-order valence-electron chi connectivity index (χ2n) is 17.4. The van der Waals surface area contributed by atoms with Gasteiger partial charge >= 0.3 is 0 Å². The summed E-state index contributed by atoms with van der Waals surface area (Å²) in [5, 5.41) is 36.3. The summed E-state index contributed by atoms with van der Waals surface area (Å²) in [6.45, 7) is 7.87. The lowest BCUT2D eigenvalue weighted by atomic mass is 9.55. The fraction of sp³-hybridized carbons (Fsp3) is 0.500. The summed E-state index contributed by atoms with van der Waals surface area (Å²) in [4.78, 5) is 35.0. The van der Waals surface area contributed by atoms with Crippen molar-refractivity contribution in [2.45, 2.75) is 106 Å². The predicted molar refractivity (Wildman–Crippen MR) is 256 cm³/mol. The minimum Gasteiger partial charge on any atom is -0.493 e. The number of rotatable bonds is 24. The van der Waals surface area contributed by atoms with E-state index in [1.807, 2.05) is 42.2 Å². The van der Waals surface area contributed by atoms with E-state index in [1.54, 1.807) is 36.0 Å². The van der Waals surface area contributed by atoms with Gasteiger partial charge in [0.15, 0.2) is 0 Å². The molecule has 2 fully saturated rings. The zero-order chi connectivity index (χ0) is 46.3. The summed E-state index contributed by atoms with van der Waals surface area (Å²) in [6, 6.07) is 21.7. The number of thioether (sulfide) groups is 1. The van der Waals surface area contributed by atoms with Gasteiger partial charge in [0.25, 0.3) is 5.69 Å². The Kier molecular flexibility index (Phi) is 17.9. The quantitative estimate of drug-likeness (QED) is 0.0220. The highest BCUT2D eigenvalue weighted by Crippen LogP contribution is 2.62. The van der Waals surface area contributed by atoms with E-state index in [-0.39, 0.29) is 55.6 Å². The maximum absolute atomic E-state index is 14.8. The largest absolute Gasteiger partial charge is 0.493 e. The fourth-order valence-corrected chi connectivity index (χ4v) is 10.9. The van der Waals surface area contributed by atoms with Crippen molar-refractivity contribution >= 4 is 35.1 Å². The molecule has 3 aromatic carbocycles. The molecule has 13 nitrogen and oxygen atoms in total. The number of aliphatic hydroxyl groups is 2. The molecule has 7 rings (SSSR count). The molecular formula is C52H65N3O10S. The maximum atomic E-state index is 14.8. The van der Waals surface area contributed by atoms with Crippen LogP contribution in [-0.4, -0.2) is 95.1 Å². The van der Waals surface area contributed by atoms with Crippen LogP contribution in [0.5, 0.6) is 11.5 Å². The van der Waals surface area contributed by atoms with E-state index >= 15 is 0 Å². The number of allylic oxidation sites excluding steroid dienone is 1. The molecule has 3 aromatic rings. The number of nitro groups is 1. The van der Waals surface area contributed by atoms with E-state index in [4.69, 9.17) is 28.9 Å². The Bertz CT molecular complexity index is 2160. The fourth-order valence-electron chi connectivity index (χ4n) is 10.1. The molecule has 7 atom stereocenters. The van der Waals surface area contributed by atoms with Crippen LogP contribution in [0.4, 0.5) is 5.69 Å². The number of oxime groups is 1. The van der Waals surface area contributed by atoms with E-state index in [2.05, 4.69) is 30.9 Å². The molecule has 0 aromatic heterocycles. The number of non-ortho nitro benzene ring substituents is 1. The van der Waals surface area contributed by atoms with Crippen molar-refractivity contribution in [2.75, 3.05) is 45.3 Å². The topological polar surface area (TPSA) is 162 Å². The first-order chi connectivity index (χ1) is 32.3. The van der Waals surface area contributed by atoms with Crippen LogP contribution in [0, 0.1) is 27.9 Å². The number of aliphatic hydroxyl groups excluding tert-OH is 2. The SMILES string of the molecule is C=CCO[C@@]12Oc3ccc(OCCSc4ccccc4)cc3[C@H]3[C@H](CCCCO)[C@@H](CCCCO)C=C(C(=NOC4CCCCO4)C[C@@H]1N(CCC)C(=O)C=Cc1ccc([N+](=O)[O-])cc1)[C@H]32. The lowest BCUT2D eigenvalue weighted by Gasteiger charge is -2.60. The Morgan fingerprint density at radius 2 is 1.83 bits per heavy atom. The number of benzene rings is 3. The lowest BCUT2D eigenvalue weighted by Crippen LogP contribution is -2.70. The van der Waals surface area contributed by atoms with E-state index in [0.29, 0.717) is 62.5 Å². The summed E-state index contributed by atoms with van der Waals surface area (Å²) < 4.78 is 27.0. The third-order valence-electron chi connectivity index (χ3n) is 13.1. The van der Waals surface area contributed by atoms with Crippen LogP contribution >= 0.6 is 11.8 Å².